The fraction of sp³-hybridized carbons (Fsp3) is 0.524. The summed E-state index contributed by atoms with van der Waals surface area (Å²) in [5, 5.41) is 11.1. The molecule has 0 amide bonds. The van der Waals surface area contributed by atoms with E-state index in [9.17, 15) is 0 Å². The third kappa shape index (κ3) is 6.98. The topological polar surface area (TPSA) is 72.7 Å². The lowest BCUT2D eigenvalue weighted by molar-refractivity contribution is 0.0420. The Balaban J connectivity index is 1.40. The largest absolute Gasteiger partial charge is 0.379 e. The molecule has 1 saturated heterocycles. The molecule has 0 bridgehead atoms. The molecule has 0 spiro atoms. The Hall–Kier alpha value is -2.38. The maximum atomic E-state index is 5.79. The first-order valence-electron chi connectivity index (χ1n) is 10.1. The molecular weight excluding hydrogens is 354 g/mol. The van der Waals surface area contributed by atoms with Gasteiger partial charge in [0.05, 0.1) is 32.0 Å². The van der Waals surface area contributed by atoms with Crippen molar-refractivity contribution in [2.75, 3.05) is 32.9 Å². The molecule has 7 nitrogen and oxygen atoms in total. The van der Waals surface area contributed by atoms with Crippen LogP contribution >= 0.6 is 0 Å². The second-order valence-electron chi connectivity index (χ2n) is 6.86. The van der Waals surface area contributed by atoms with Crippen molar-refractivity contribution in [3.8, 4) is 0 Å². The van der Waals surface area contributed by atoms with Crippen LogP contribution in [0.3, 0.4) is 0 Å². The molecule has 0 radical (unpaired) electrons. The SMILES string of the molecule is CCNC(=NCc1cnn(Cc2ccccc2)c1)NCCCOC1CCOC1. The lowest BCUT2D eigenvalue weighted by atomic mass is 10.2. The monoisotopic (exact) mass is 385 g/mol. The van der Waals surface area contributed by atoms with E-state index in [-0.39, 0.29) is 6.10 Å². The zero-order chi connectivity index (χ0) is 19.4. The van der Waals surface area contributed by atoms with E-state index in [1.54, 1.807) is 0 Å². The third-order valence-corrected chi connectivity index (χ3v) is 4.49. The highest BCUT2D eigenvalue weighted by Gasteiger charge is 2.15. The van der Waals surface area contributed by atoms with Crippen molar-refractivity contribution in [3.05, 3.63) is 53.9 Å². The molecule has 1 atom stereocenters. The number of nitrogens with zero attached hydrogens (tertiary/aromatic N) is 3. The molecular formula is C21H31N5O2. The Bertz CT molecular complexity index is 711. The maximum Gasteiger partial charge on any atom is 0.191 e. The van der Waals surface area contributed by atoms with Crippen LogP contribution in [0.1, 0.15) is 30.9 Å². The van der Waals surface area contributed by atoms with Crippen LogP contribution in [-0.4, -0.2) is 54.8 Å². The molecule has 1 aliphatic heterocycles. The van der Waals surface area contributed by atoms with Gasteiger partial charge in [0.2, 0.25) is 0 Å². The Kier molecular flexibility index (Phi) is 8.33. The molecule has 3 rings (SSSR count). The van der Waals surface area contributed by atoms with Crippen molar-refractivity contribution in [1.82, 2.24) is 20.4 Å². The van der Waals surface area contributed by atoms with Crippen LogP contribution in [0.2, 0.25) is 0 Å². The number of rotatable bonds is 10. The van der Waals surface area contributed by atoms with Crippen LogP contribution in [0.15, 0.2) is 47.7 Å². The molecule has 152 valence electrons. The minimum atomic E-state index is 0.273. The first-order chi connectivity index (χ1) is 13.8. The standard InChI is InChI=1S/C21H31N5O2/c1-2-22-21(23-10-6-11-28-20-9-12-27-17-20)24-13-19-14-25-26(16-19)15-18-7-4-3-5-8-18/h3-5,7-8,14,16,20H,2,6,9-13,15,17H2,1H3,(H2,22,23,24). The molecule has 0 saturated carbocycles. The molecule has 1 fully saturated rings. The second kappa shape index (κ2) is 11.5. The van der Waals surface area contributed by atoms with E-state index in [1.165, 1.54) is 5.56 Å². The molecule has 0 aliphatic carbocycles. The van der Waals surface area contributed by atoms with Gasteiger partial charge < -0.3 is 20.1 Å². The van der Waals surface area contributed by atoms with E-state index >= 15 is 0 Å². The maximum absolute atomic E-state index is 5.79. The van der Waals surface area contributed by atoms with Gasteiger partial charge in [-0.15, -0.1) is 0 Å². The molecule has 28 heavy (non-hydrogen) atoms. The second-order valence-corrected chi connectivity index (χ2v) is 6.86. The van der Waals surface area contributed by atoms with Gasteiger partial charge in [-0.3, -0.25) is 4.68 Å². The van der Waals surface area contributed by atoms with E-state index in [0.29, 0.717) is 6.54 Å². The molecule has 1 unspecified atom stereocenters. The summed E-state index contributed by atoms with van der Waals surface area (Å²) in [6.07, 6.45) is 6.16. The fourth-order valence-electron chi connectivity index (χ4n) is 3.03. The predicted molar refractivity (Wildman–Crippen MR) is 110 cm³/mol. The minimum Gasteiger partial charge on any atom is -0.379 e. The van der Waals surface area contributed by atoms with Crippen LogP contribution in [0.5, 0.6) is 0 Å². The molecule has 1 aromatic heterocycles. The highest BCUT2D eigenvalue weighted by molar-refractivity contribution is 5.79. The van der Waals surface area contributed by atoms with Crippen LogP contribution in [-0.2, 0) is 22.6 Å². The Morgan fingerprint density at radius 1 is 1.29 bits per heavy atom. The molecule has 2 N–H and O–H groups in total. The summed E-state index contributed by atoms with van der Waals surface area (Å²) in [6.45, 7) is 7.39. The van der Waals surface area contributed by atoms with Crippen LogP contribution in [0.4, 0.5) is 0 Å². The van der Waals surface area contributed by atoms with Crippen LogP contribution < -0.4 is 10.6 Å². The van der Waals surface area contributed by atoms with Gasteiger partial charge in [0.1, 0.15) is 0 Å². The molecule has 2 heterocycles. The van der Waals surface area contributed by atoms with E-state index in [1.807, 2.05) is 29.1 Å². The van der Waals surface area contributed by atoms with Crippen molar-refractivity contribution in [2.24, 2.45) is 4.99 Å². The molecule has 1 aliphatic rings. The highest BCUT2D eigenvalue weighted by atomic mass is 16.5. The summed E-state index contributed by atoms with van der Waals surface area (Å²) in [6, 6.07) is 10.3. The first-order valence-corrected chi connectivity index (χ1v) is 10.1. The molecule has 1 aromatic carbocycles. The Labute approximate surface area is 167 Å². The first kappa shape index (κ1) is 20.4. The molecule has 2 aromatic rings. The van der Waals surface area contributed by atoms with Gasteiger partial charge in [0.15, 0.2) is 5.96 Å². The van der Waals surface area contributed by atoms with Gasteiger partial charge >= 0.3 is 0 Å². The number of aromatic nitrogens is 2. The lowest BCUT2D eigenvalue weighted by Gasteiger charge is -2.12. The van der Waals surface area contributed by atoms with E-state index < -0.39 is 0 Å². The number of benzene rings is 1. The zero-order valence-corrected chi connectivity index (χ0v) is 16.6. The number of hydrogen-bond donors (Lipinski definition) is 2. The van der Waals surface area contributed by atoms with Crippen molar-refractivity contribution in [3.63, 3.8) is 0 Å². The summed E-state index contributed by atoms with van der Waals surface area (Å²) in [5.74, 6) is 0.822. The zero-order valence-electron chi connectivity index (χ0n) is 16.6. The Morgan fingerprint density at radius 2 is 2.18 bits per heavy atom. The van der Waals surface area contributed by atoms with Crippen LogP contribution in [0, 0.1) is 0 Å². The van der Waals surface area contributed by atoms with E-state index in [0.717, 1.165) is 63.8 Å². The smallest absolute Gasteiger partial charge is 0.191 e. The minimum absolute atomic E-state index is 0.273. The van der Waals surface area contributed by atoms with E-state index in [4.69, 9.17) is 9.47 Å². The molecule has 7 heteroatoms. The number of guanidine groups is 1. The van der Waals surface area contributed by atoms with Crippen molar-refractivity contribution in [2.45, 2.75) is 39.0 Å². The summed E-state index contributed by atoms with van der Waals surface area (Å²) in [7, 11) is 0. The van der Waals surface area contributed by atoms with Gasteiger partial charge in [-0.25, -0.2) is 4.99 Å². The fourth-order valence-corrected chi connectivity index (χ4v) is 3.03. The highest BCUT2D eigenvalue weighted by Crippen LogP contribution is 2.08. The van der Waals surface area contributed by atoms with Crippen molar-refractivity contribution in [1.29, 1.82) is 0 Å². The van der Waals surface area contributed by atoms with Gasteiger partial charge in [0, 0.05) is 38.1 Å². The summed E-state index contributed by atoms with van der Waals surface area (Å²) >= 11 is 0. The third-order valence-electron chi connectivity index (χ3n) is 4.49. The van der Waals surface area contributed by atoms with Crippen LogP contribution in [0.25, 0.3) is 0 Å². The van der Waals surface area contributed by atoms with Crippen molar-refractivity contribution < 1.29 is 9.47 Å². The van der Waals surface area contributed by atoms with Gasteiger partial charge in [-0.05, 0) is 25.3 Å². The summed E-state index contributed by atoms with van der Waals surface area (Å²) in [5.41, 5.74) is 2.33. The van der Waals surface area contributed by atoms with Gasteiger partial charge in [-0.1, -0.05) is 30.3 Å². The normalized spacial score (nSPS) is 17.0. The summed E-state index contributed by atoms with van der Waals surface area (Å²) < 4.78 is 13.1. The number of ether oxygens (including phenoxy) is 2. The van der Waals surface area contributed by atoms with Crippen molar-refractivity contribution >= 4 is 5.96 Å². The van der Waals surface area contributed by atoms with Gasteiger partial charge in [0.25, 0.3) is 0 Å². The average Bonchev–Trinajstić information content (AvgIpc) is 3.39. The predicted octanol–water partition coefficient (Wildman–Crippen LogP) is 2.18. The van der Waals surface area contributed by atoms with Gasteiger partial charge in [-0.2, -0.15) is 5.10 Å². The number of aliphatic imine (C=N–C) groups is 1. The average molecular weight is 386 g/mol. The summed E-state index contributed by atoms with van der Waals surface area (Å²) in [4.78, 5) is 4.66. The van der Waals surface area contributed by atoms with E-state index in [2.05, 4.69) is 46.0 Å². The Morgan fingerprint density at radius 3 is 2.96 bits per heavy atom. The quantitative estimate of drug-likeness (QED) is 0.373. The number of hydrogen-bond acceptors (Lipinski definition) is 4. The lowest BCUT2D eigenvalue weighted by Crippen LogP contribution is -2.38. The number of nitrogens with one attached hydrogen (secondary N) is 2.